The van der Waals surface area contributed by atoms with Crippen molar-refractivity contribution in [3.8, 4) is 5.69 Å². The Balaban J connectivity index is 1.48. The van der Waals surface area contributed by atoms with Crippen molar-refractivity contribution in [2.24, 2.45) is 7.05 Å². The second-order valence-corrected chi connectivity index (χ2v) is 8.20. The maximum atomic E-state index is 13.0. The Morgan fingerprint density at radius 1 is 1.09 bits per heavy atom. The fourth-order valence-corrected chi connectivity index (χ4v) is 4.10. The van der Waals surface area contributed by atoms with E-state index in [1.54, 1.807) is 34.5 Å². The summed E-state index contributed by atoms with van der Waals surface area (Å²) in [5.74, 6) is -0.214. The monoisotopic (exact) mass is 466 g/mol. The lowest BCUT2D eigenvalue weighted by Crippen LogP contribution is -2.25. The number of aromatic amines is 1. The molecule has 5 rings (SSSR count). The molecule has 0 bridgehead atoms. The molecule has 2 aromatic carbocycles. The van der Waals surface area contributed by atoms with Crippen LogP contribution in [0, 0.1) is 6.92 Å². The van der Waals surface area contributed by atoms with Crippen LogP contribution in [0.25, 0.3) is 27.6 Å². The van der Waals surface area contributed by atoms with E-state index in [0.29, 0.717) is 29.9 Å². The molecule has 2 N–H and O–H groups in total. The van der Waals surface area contributed by atoms with Gasteiger partial charge in [0.1, 0.15) is 0 Å². The number of fused-ring (bicyclic) bond motifs is 3. The summed E-state index contributed by atoms with van der Waals surface area (Å²) in [7, 11) is 1.77. The van der Waals surface area contributed by atoms with Crippen LogP contribution in [-0.2, 0) is 19.6 Å². The van der Waals surface area contributed by atoms with E-state index in [1.807, 2.05) is 19.2 Å². The number of hydrogen-bond donors (Lipinski definition) is 2. The highest BCUT2D eigenvalue weighted by atomic mass is 19.4. The standard InChI is InChI=1S/C24H21F3N6O/c1-14-11-17(30-29-14)9-10-28-23(34)15-3-8-21-19(12-15)20-13-32(2)31-22(20)33(21)18-6-4-16(5-7-18)24(25,26)27/h3-8,11-13H,9-10H2,1-2H3,(H,28,34)(H,29,30). The van der Waals surface area contributed by atoms with Gasteiger partial charge in [0.25, 0.3) is 5.91 Å². The number of benzene rings is 2. The summed E-state index contributed by atoms with van der Waals surface area (Å²) < 4.78 is 42.5. The molecule has 0 aliphatic rings. The van der Waals surface area contributed by atoms with E-state index in [4.69, 9.17) is 0 Å². The lowest BCUT2D eigenvalue weighted by atomic mass is 10.1. The second kappa shape index (κ2) is 8.05. The summed E-state index contributed by atoms with van der Waals surface area (Å²) in [5.41, 5.74) is 3.52. The number of halogens is 3. The summed E-state index contributed by atoms with van der Waals surface area (Å²) in [6.07, 6.45) is -1.97. The molecule has 0 aliphatic carbocycles. The minimum atomic E-state index is -4.41. The first-order chi connectivity index (χ1) is 16.2. The molecule has 0 aliphatic heterocycles. The van der Waals surface area contributed by atoms with Gasteiger partial charge in [0, 0.05) is 53.9 Å². The second-order valence-electron chi connectivity index (χ2n) is 8.20. The largest absolute Gasteiger partial charge is 0.416 e. The quantitative estimate of drug-likeness (QED) is 0.399. The molecular weight excluding hydrogens is 445 g/mol. The Morgan fingerprint density at radius 3 is 2.53 bits per heavy atom. The van der Waals surface area contributed by atoms with Crippen LogP contribution < -0.4 is 5.32 Å². The van der Waals surface area contributed by atoms with Crippen molar-refractivity contribution in [2.45, 2.75) is 19.5 Å². The molecule has 3 aromatic heterocycles. The molecule has 5 aromatic rings. The number of amides is 1. The van der Waals surface area contributed by atoms with E-state index in [1.165, 1.54) is 12.1 Å². The molecule has 7 nitrogen and oxygen atoms in total. The number of hydrogen-bond acceptors (Lipinski definition) is 3. The van der Waals surface area contributed by atoms with Crippen LogP contribution in [0.2, 0.25) is 0 Å². The zero-order valence-corrected chi connectivity index (χ0v) is 18.4. The Morgan fingerprint density at radius 2 is 1.85 bits per heavy atom. The van der Waals surface area contributed by atoms with Crippen LogP contribution in [0.15, 0.2) is 54.7 Å². The summed E-state index contributed by atoms with van der Waals surface area (Å²) in [6, 6.07) is 12.2. The molecule has 174 valence electrons. The third kappa shape index (κ3) is 3.91. The number of nitrogens with zero attached hydrogens (tertiary/aromatic N) is 4. The number of aryl methyl sites for hydroxylation is 2. The maximum absolute atomic E-state index is 13.0. The van der Waals surface area contributed by atoms with Gasteiger partial charge in [-0.05, 0) is 55.5 Å². The number of H-pyrrole nitrogens is 1. The van der Waals surface area contributed by atoms with Gasteiger partial charge < -0.3 is 5.32 Å². The van der Waals surface area contributed by atoms with Crippen molar-refractivity contribution in [3.05, 3.63) is 77.2 Å². The van der Waals surface area contributed by atoms with E-state index in [0.717, 1.165) is 39.8 Å². The maximum Gasteiger partial charge on any atom is 0.416 e. The molecular formula is C24H21F3N6O. The lowest BCUT2D eigenvalue weighted by Gasteiger charge is -2.10. The Hall–Kier alpha value is -4.08. The summed E-state index contributed by atoms with van der Waals surface area (Å²) in [5, 5.41) is 16.0. The third-order valence-electron chi connectivity index (χ3n) is 5.69. The fraction of sp³-hybridized carbons (Fsp3) is 0.208. The molecule has 34 heavy (non-hydrogen) atoms. The van der Waals surface area contributed by atoms with Gasteiger partial charge in [-0.3, -0.25) is 19.1 Å². The van der Waals surface area contributed by atoms with E-state index in [-0.39, 0.29) is 5.91 Å². The summed E-state index contributed by atoms with van der Waals surface area (Å²) >= 11 is 0. The first-order valence-corrected chi connectivity index (χ1v) is 10.7. The highest BCUT2D eigenvalue weighted by Gasteiger charge is 2.30. The minimum absolute atomic E-state index is 0.214. The van der Waals surface area contributed by atoms with Crippen molar-refractivity contribution in [1.29, 1.82) is 0 Å². The van der Waals surface area contributed by atoms with Gasteiger partial charge in [0.05, 0.1) is 16.8 Å². The van der Waals surface area contributed by atoms with Crippen LogP contribution in [0.4, 0.5) is 13.2 Å². The van der Waals surface area contributed by atoms with E-state index in [2.05, 4.69) is 20.6 Å². The Labute approximate surface area is 192 Å². The van der Waals surface area contributed by atoms with Crippen molar-refractivity contribution in [1.82, 2.24) is 29.9 Å². The minimum Gasteiger partial charge on any atom is -0.352 e. The van der Waals surface area contributed by atoms with Crippen LogP contribution in [0.3, 0.4) is 0 Å². The summed E-state index contributed by atoms with van der Waals surface area (Å²) in [4.78, 5) is 12.8. The molecule has 3 heterocycles. The van der Waals surface area contributed by atoms with Gasteiger partial charge >= 0.3 is 6.18 Å². The number of nitrogens with one attached hydrogen (secondary N) is 2. The molecule has 0 radical (unpaired) electrons. The zero-order valence-electron chi connectivity index (χ0n) is 18.4. The molecule has 0 unspecified atom stereocenters. The van der Waals surface area contributed by atoms with Crippen molar-refractivity contribution in [2.75, 3.05) is 6.54 Å². The first-order valence-electron chi connectivity index (χ1n) is 10.7. The van der Waals surface area contributed by atoms with Crippen molar-refractivity contribution < 1.29 is 18.0 Å². The molecule has 0 saturated carbocycles. The number of aromatic nitrogens is 5. The average molecular weight is 466 g/mol. The topological polar surface area (TPSA) is 80.5 Å². The van der Waals surface area contributed by atoms with E-state index in [9.17, 15) is 18.0 Å². The van der Waals surface area contributed by atoms with Gasteiger partial charge in [0.15, 0.2) is 5.65 Å². The molecule has 0 spiro atoms. The molecule has 10 heteroatoms. The number of alkyl halides is 3. The smallest absolute Gasteiger partial charge is 0.352 e. The fourth-order valence-electron chi connectivity index (χ4n) is 4.10. The third-order valence-corrected chi connectivity index (χ3v) is 5.69. The molecule has 1 amide bonds. The highest BCUT2D eigenvalue weighted by Crippen LogP contribution is 2.34. The summed E-state index contributed by atoms with van der Waals surface area (Å²) in [6.45, 7) is 2.36. The van der Waals surface area contributed by atoms with Gasteiger partial charge in [-0.1, -0.05) is 0 Å². The predicted octanol–water partition coefficient (Wildman–Crippen LogP) is 4.54. The zero-order chi connectivity index (χ0) is 24.0. The van der Waals surface area contributed by atoms with Crippen molar-refractivity contribution in [3.63, 3.8) is 0 Å². The van der Waals surface area contributed by atoms with Crippen molar-refractivity contribution >= 4 is 27.8 Å². The van der Waals surface area contributed by atoms with E-state index >= 15 is 0 Å². The van der Waals surface area contributed by atoms with Gasteiger partial charge in [0.2, 0.25) is 0 Å². The normalized spacial score (nSPS) is 12.0. The SMILES string of the molecule is Cc1cc(CCNC(=O)c2ccc3c(c2)c2cn(C)nc2n3-c2ccc(C(F)(F)F)cc2)n[nH]1. The van der Waals surface area contributed by atoms with Crippen LogP contribution in [-0.4, -0.2) is 37.0 Å². The first kappa shape index (κ1) is 21.7. The van der Waals surface area contributed by atoms with Crippen LogP contribution in [0.5, 0.6) is 0 Å². The Kier molecular flexibility index (Phi) is 5.15. The van der Waals surface area contributed by atoms with Gasteiger partial charge in [-0.2, -0.15) is 23.4 Å². The Bertz CT molecular complexity index is 1510. The van der Waals surface area contributed by atoms with E-state index < -0.39 is 11.7 Å². The van der Waals surface area contributed by atoms with Crippen LogP contribution >= 0.6 is 0 Å². The highest BCUT2D eigenvalue weighted by molar-refractivity contribution is 6.10. The average Bonchev–Trinajstić information content (AvgIpc) is 3.46. The number of carbonyl (C=O) groups is 1. The van der Waals surface area contributed by atoms with Gasteiger partial charge in [-0.25, -0.2) is 0 Å². The molecule has 0 saturated heterocycles. The number of carbonyl (C=O) groups excluding carboxylic acids is 1. The lowest BCUT2D eigenvalue weighted by molar-refractivity contribution is -0.137. The number of rotatable bonds is 5. The van der Waals surface area contributed by atoms with Gasteiger partial charge in [-0.15, -0.1) is 0 Å². The predicted molar refractivity (Wildman–Crippen MR) is 122 cm³/mol. The molecule has 0 atom stereocenters. The van der Waals surface area contributed by atoms with Crippen LogP contribution in [0.1, 0.15) is 27.3 Å². The molecule has 0 fully saturated rings.